The first-order valence-electron chi connectivity index (χ1n) is 9.03. The number of rotatable bonds is 2. The van der Waals surface area contributed by atoms with Crippen LogP contribution in [0.4, 0.5) is 0 Å². The number of carbonyl (C=O) groups excluding carboxylic acids is 1. The van der Waals surface area contributed by atoms with Crippen LogP contribution in [0, 0.1) is 13.8 Å². The van der Waals surface area contributed by atoms with Gasteiger partial charge in [-0.05, 0) is 62.6 Å². The molecule has 4 nitrogen and oxygen atoms in total. The van der Waals surface area contributed by atoms with Crippen LogP contribution in [0.5, 0.6) is 0 Å². The van der Waals surface area contributed by atoms with Crippen molar-refractivity contribution in [3.05, 3.63) is 64.4 Å². The Morgan fingerprint density at radius 1 is 1.12 bits per heavy atom. The van der Waals surface area contributed by atoms with Crippen molar-refractivity contribution in [3.8, 4) is 0 Å². The molecule has 1 aliphatic heterocycles. The van der Waals surface area contributed by atoms with Crippen LogP contribution in [-0.2, 0) is 0 Å². The van der Waals surface area contributed by atoms with Gasteiger partial charge in [-0.3, -0.25) is 4.79 Å². The third-order valence-electron chi connectivity index (χ3n) is 5.21. The second-order valence-corrected chi connectivity index (χ2v) is 7.49. The van der Waals surface area contributed by atoms with Gasteiger partial charge in [-0.15, -0.1) is 0 Å². The van der Waals surface area contributed by atoms with E-state index in [9.17, 15) is 4.79 Å². The maximum absolute atomic E-state index is 12.7. The highest BCUT2D eigenvalue weighted by Crippen LogP contribution is 2.29. The van der Waals surface area contributed by atoms with Gasteiger partial charge >= 0.3 is 0 Å². The highest BCUT2D eigenvalue weighted by atomic mass is 35.5. The van der Waals surface area contributed by atoms with Gasteiger partial charge in [-0.2, -0.15) is 0 Å². The number of piperidine rings is 1. The molecule has 0 radical (unpaired) electrons. The third kappa shape index (κ3) is 3.10. The Labute approximate surface area is 158 Å². The molecule has 0 aliphatic carbocycles. The molecule has 0 saturated carbocycles. The Hall–Kier alpha value is -2.33. The lowest BCUT2D eigenvalue weighted by Gasteiger charge is -2.33. The highest BCUT2D eigenvalue weighted by Gasteiger charge is 2.26. The monoisotopic (exact) mass is 367 g/mol. The summed E-state index contributed by atoms with van der Waals surface area (Å²) in [5.74, 6) is 1.11. The molecule has 1 aliphatic rings. The van der Waals surface area contributed by atoms with Crippen LogP contribution in [0.25, 0.3) is 11.0 Å². The molecule has 1 amide bonds. The van der Waals surface area contributed by atoms with Crippen molar-refractivity contribution in [3.63, 3.8) is 0 Å². The highest BCUT2D eigenvalue weighted by molar-refractivity contribution is 6.30. The minimum Gasteiger partial charge on any atom is -0.338 e. The molecule has 0 atom stereocenters. The average molecular weight is 368 g/mol. The predicted octanol–water partition coefficient (Wildman–Crippen LogP) is 4.78. The minimum atomic E-state index is 0.0639. The molecule has 2 heterocycles. The summed E-state index contributed by atoms with van der Waals surface area (Å²) in [5.41, 5.74) is 4.15. The van der Waals surface area contributed by atoms with Gasteiger partial charge < -0.3 is 9.47 Å². The van der Waals surface area contributed by atoms with Crippen LogP contribution in [0.2, 0.25) is 5.02 Å². The predicted molar refractivity (Wildman–Crippen MR) is 105 cm³/mol. The molecule has 3 aromatic rings. The number of carbonyl (C=O) groups is 1. The number of fused-ring (bicyclic) bond motifs is 1. The summed E-state index contributed by atoms with van der Waals surface area (Å²) in [4.78, 5) is 19.4. The maximum Gasteiger partial charge on any atom is 0.253 e. The minimum absolute atomic E-state index is 0.0639. The van der Waals surface area contributed by atoms with Gasteiger partial charge in [0.15, 0.2) is 0 Å². The van der Waals surface area contributed by atoms with E-state index in [1.54, 1.807) is 12.1 Å². The fraction of sp³-hybridized carbons (Fsp3) is 0.333. The first kappa shape index (κ1) is 17.1. The zero-order chi connectivity index (χ0) is 18.3. The second kappa shape index (κ2) is 6.76. The van der Waals surface area contributed by atoms with Crippen molar-refractivity contribution < 1.29 is 4.79 Å². The van der Waals surface area contributed by atoms with E-state index < -0.39 is 0 Å². The molecule has 134 valence electrons. The number of nitrogens with zero attached hydrogens (tertiary/aromatic N) is 3. The summed E-state index contributed by atoms with van der Waals surface area (Å²) in [7, 11) is 0. The molecule has 0 unspecified atom stereocenters. The first-order chi connectivity index (χ1) is 12.5. The molecule has 4 rings (SSSR count). The molecule has 26 heavy (non-hydrogen) atoms. The van der Waals surface area contributed by atoms with Crippen LogP contribution < -0.4 is 0 Å². The second-order valence-electron chi connectivity index (χ2n) is 7.05. The summed E-state index contributed by atoms with van der Waals surface area (Å²) in [6, 6.07) is 14.0. The van der Waals surface area contributed by atoms with Gasteiger partial charge in [0.05, 0.1) is 11.0 Å². The molecule has 0 spiro atoms. The zero-order valence-electron chi connectivity index (χ0n) is 15.1. The van der Waals surface area contributed by atoms with E-state index in [4.69, 9.17) is 16.6 Å². The number of amides is 1. The molecular weight excluding hydrogens is 346 g/mol. The topological polar surface area (TPSA) is 38.1 Å². The molecule has 2 aromatic carbocycles. The average Bonchev–Trinajstić information content (AvgIpc) is 2.96. The quantitative estimate of drug-likeness (QED) is 0.653. The summed E-state index contributed by atoms with van der Waals surface area (Å²) in [6.45, 7) is 5.68. The number of aromatic nitrogens is 2. The van der Waals surface area contributed by atoms with Crippen LogP contribution in [0.3, 0.4) is 0 Å². The van der Waals surface area contributed by atoms with Gasteiger partial charge in [0.2, 0.25) is 0 Å². The third-order valence-corrected chi connectivity index (χ3v) is 5.44. The number of hydrogen-bond acceptors (Lipinski definition) is 2. The van der Waals surface area contributed by atoms with E-state index in [0.717, 1.165) is 37.3 Å². The van der Waals surface area contributed by atoms with Crippen LogP contribution in [-0.4, -0.2) is 33.4 Å². The Morgan fingerprint density at radius 2 is 1.88 bits per heavy atom. The van der Waals surface area contributed by atoms with Crippen LogP contribution in [0.15, 0.2) is 42.5 Å². The summed E-state index contributed by atoms with van der Waals surface area (Å²) >= 11 is 6.02. The normalized spacial score (nSPS) is 15.6. The van der Waals surface area contributed by atoms with Crippen molar-refractivity contribution in [1.29, 1.82) is 0 Å². The fourth-order valence-corrected chi connectivity index (χ4v) is 4.11. The van der Waals surface area contributed by atoms with E-state index in [0.29, 0.717) is 16.6 Å². The van der Waals surface area contributed by atoms with E-state index in [-0.39, 0.29) is 5.91 Å². The number of halogens is 1. The van der Waals surface area contributed by atoms with Gasteiger partial charge in [0.25, 0.3) is 5.91 Å². The number of likely N-dealkylation sites (tertiary alicyclic amines) is 1. The molecule has 0 bridgehead atoms. The van der Waals surface area contributed by atoms with Gasteiger partial charge in [0, 0.05) is 29.7 Å². The Kier molecular flexibility index (Phi) is 4.45. The summed E-state index contributed by atoms with van der Waals surface area (Å²) in [5, 5.41) is 0.599. The number of benzene rings is 2. The van der Waals surface area contributed by atoms with Crippen molar-refractivity contribution in [1.82, 2.24) is 14.5 Å². The molecule has 5 heteroatoms. The molecule has 1 saturated heterocycles. The zero-order valence-corrected chi connectivity index (χ0v) is 15.8. The largest absolute Gasteiger partial charge is 0.338 e. The standard InChI is InChI=1S/C21H22ClN3O/c1-14-6-7-19-20(12-14)25(15(2)23-19)18-8-10-24(11-9-18)21(26)16-4-3-5-17(22)13-16/h3-7,12-13,18H,8-11H2,1-2H3. The van der Waals surface area contributed by atoms with Crippen molar-refractivity contribution in [2.45, 2.75) is 32.7 Å². The van der Waals surface area contributed by atoms with Crippen LogP contribution >= 0.6 is 11.6 Å². The van der Waals surface area contributed by atoms with E-state index >= 15 is 0 Å². The van der Waals surface area contributed by atoms with Gasteiger partial charge in [0.1, 0.15) is 5.82 Å². The smallest absolute Gasteiger partial charge is 0.253 e. The van der Waals surface area contributed by atoms with Crippen LogP contribution in [0.1, 0.15) is 40.6 Å². The van der Waals surface area contributed by atoms with E-state index in [2.05, 4.69) is 36.6 Å². The van der Waals surface area contributed by atoms with Crippen molar-refractivity contribution in [2.24, 2.45) is 0 Å². The number of aryl methyl sites for hydroxylation is 2. The van der Waals surface area contributed by atoms with E-state index in [1.165, 1.54) is 11.1 Å². The Morgan fingerprint density at radius 3 is 2.62 bits per heavy atom. The van der Waals surface area contributed by atoms with E-state index in [1.807, 2.05) is 17.0 Å². The molecule has 1 aromatic heterocycles. The lowest BCUT2D eigenvalue weighted by molar-refractivity contribution is 0.0695. The fourth-order valence-electron chi connectivity index (χ4n) is 3.92. The molecular formula is C21H22ClN3O. The maximum atomic E-state index is 12.7. The molecule has 1 fully saturated rings. The summed E-state index contributed by atoms with van der Waals surface area (Å²) < 4.78 is 2.35. The molecule has 0 N–H and O–H groups in total. The Bertz CT molecular complexity index is 971. The Balaban J connectivity index is 1.53. The van der Waals surface area contributed by atoms with Crippen molar-refractivity contribution >= 4 is 28.5 Å². The number of hydrogen-bond donors (Lipinski definition) is 0. The lowest BCUT2D eigenvalue weighted by Crippen LogP contribution is -2.39. The summed E-state index contributed by atoms with van der Waals surface area (Å²) in [6.07, 6.45) is 1.87. The van der Waals surface area contributed by atoms with Crippen molar-refractivity contribution in [2.75, 3.05) is 13.1 Å². The first-order valence-corrected chi connectivity index (χ1v) is 9.41. The van der Waals surface area contributed by atoms with Gasteiger partial charge in [-0.25, -0.2) is 4.98 Å². The van der Waals surface area contributed by atoms with Gasteiger partial charge in [-0.1, -0.05) is 23.7 Å². The number of imidazole rings is 1. The SMILES string of the molecule is Cc1ccc2nc(C)n(C3CCN(C(=O)c4cccc(Cl)c4)CC3)c2c1. The lowest BCUT2D eigenvalue weighted by atomic mass is 10.0.